The lowest BCUT2D eigenvalue weighted by Crippen LogP contribution is -2.42. The van der Waals surface area contributed by atoms with Gasteiger partial charge in [-0.1, -0.05) is 41.5 Å². The van der Waals surface area contributed by atoms with Crippen LogP contribution in [0.15, 0.2) is 0 Å². The van der Waals surface area contributed by atoms with E-state index >= 15 is 0 Å². The molecular formula is C26H59N3OSi. The van der Waals surface area contributed by atoms with Crippen molar-refractivity contribution in [2.24, 2.45) is 0 Å². The second-order valence-electron chi connectivity index (χ2n) is 9.31. The van der Waals surface area contributed by atoms with E-state index in [2.05, 4.69) is 63.2 Å². The van der Waals surface area contributed by atoms with Crippen LogP contribution in [0.4, 0.5) is 0 Å². The number of hydrogen-bond acceptors (Lipinski definition) is 4. The molecule has 0 spiro atoms. The summed E-state index contributed by atoms with van der Waals surface area (Å²) >= 11 is 0. The summed E-state index contributed by atoms with van der Waals surface area (Å²) in [5.74, 6) is 0. The fourth-order valence-corrected chi connectivity index (χ4v) is 7.95. The quantitative estimate of drug-likeness (QED) is 0.167. The third-order valence-corrected chi connectivity index (χ3v) is 11.3. The van der Waals surface area contributed by atoms with Crippen LogP contribution in [0.25, 0.3) is 0 Å². The highest BCUT2D eigenvalue weighted by atomic mass is 28.4. The van der Waals surface area contributed by atoms with Gasteiger partial charge in [0.25, 0.3) is 0 Å². The standard InChI is InChI=1S/C26H59N3OSi/c1-8-17-27(18-9-2)21-15-23-29(24-16-22-28(19-10-3)20-11-4)25-26-31(13-6,14-7)30-12-5/h8-26H2,1-7H3. The van der Waals surface area contributed by atoms with Crippen LogP contribution in [0, 0.1) is 0 Å². The van der Waals surface area contributed by atoms with Crippen molar-refractivity contribution in [3.05, 3.63) is 0 Å². The van der Waals surface area contributed by atoms with E-state index in [1.54, 1.807) is 0 Å². The first-order valence-electron chi connectivity index (χ1n) is 13.8. The molecule has 0 radical (unpaired) electrons. The van der Waals surface area contributed by atoms with E-state index in [1.165, 1.54) is 116 Å². The maximum absolute atomic E-state index is 6.39. The van der Waals surface area contributed by atoms with Gasteiger partial charge in [-0.05, 0) is 122 Å². The summed E-state index contributed by atoms with van der Waals surface area (Å²) in [6.45, 7) is 28.3. The first kappa shape index (κ1) is 31.1. The van der Waals surface area contributed by atoms with Gasteiger partial charge in [0.15, 0.2) is 8.32 Å². The fraction of sp³-hybridized carbons (Fsp3) is 1.00. The molecule has 0 aliphatic carbocycles. The van der Waals surface area contributed by atoms with Gasteiger partial charge in [0.2, 0.25) is 0 Å². The Hall–Kier alpha value is 0.0569. The Bertz CT molecular complexity index is 346. The summed E-state index contributed by atoms with van der Waals surface area (Å²) in [5, 5.41) is 0. The summed E-state index contributed by atoms with van der Waals surface area (Å²) in [5.41, 5.74) is 0. The molecule has 0 atom stereocenters. The summed E-state index contributed by atoms with van der Waals surface area (Å²) in [7, 11) is -1.54. The molecule has 0 amide bonds. The van der Waals surface area contributed by atoms with Crippen LogP contribution >= 0.6 is 0 Å². The van der Waals surface area contributed by atoms with Crippen LogP contribution in [0.3, 0.4) is 0 Å². The van der Waals surface area contributed by atoms with Gasteiger partial charge in [-0.15, -0.1) is 0 Å². The molecule has 0 aromatic rings. The molecule has 5 heteroatoms. The Balaban J connectivity index is 4.82. The zero-order valence-electron chi connectivity index (χ0n) is 22.7. The molecule has 0 unspecified atom stereocenters. The van der Waals surface area contributed by atoms with Gasteiger partial charge in [0.1, 0.15) is 0 Å². The van der Waals surface area contributed by atoms with Crippen LogP contribution in [0.2, 0.25) is 18.1 Å². The van der Waals surface area contributed by atoms with Gasteiger partial charge in [-0.3, -0.25) is 0 Å². The van der Waals surface area contributed by atoms with Crippen LogP contribution < -0.4 is 0 Å². The Labute approximate surface area is 198 Å². The Morgan fingerprint density at radius 2 is 0.839 bits per heavy atom. The van der Waals surface area contributed by atoms with Gasteiger partial charge >= 0.3 is 0 Å². The lowest BCUT2D eigenvalue weighted by atomic mass is 10.2. The topological polar surface area (TPSA) is 19.0 Å². The summed E-state index contributed by atoms with van der Waals surface area (Å²) < 4.78 is 6.39. The van der Waals surface area contributed by atoms with Gasteiger partial charge in [-0.25, -0.2) is 0 Å². The van der Waals surface area contributed by atoms with Crippen molar-refractivity contribution in [3.8, 4) is 0 Å². The average molecular weight is 458 g/mol. The highest BCUT2D eigenvalue weighted by molar-refractivity contribution is 6.73. The predicted octanol–water partition coefficient (Wildman–Crippen LogP) is 6.33. The Morgan fingerprint density at radius 1 is 0.484 bits per heavy atom. The van der Waals surface area contributed by atoms with E-state index in [9.17, 15) is 0 Å². The summed E-state index contributed by atoms with van der Waals surface area (Å²) in [6.07, 6.45) is 7.67. The van der Waals surface area contributed by atoms with Gasteiger partial charge in [-0.2, -0.15) is 0 Å². The zero-order valence-corrected chi connectivity index (χ0v) is 23.7. The summed E-state index contributed by atoms with van der Waals surface area (Å²) in [6, 6.07) is 3.81. The van der Waals surface area contributed by atoms with Gasteiger partial charge in [0.05, 0.1) is 0 Å². The van der Waals surface area contributed by atoms with Crippen molar-refractivity contribution in [1.82, 2.24) is 14.7 Å². The van der Waals surface area contributed by atoms with Crippen molar-refractivity contribution < 1.29 is 4.43 Å². The normalized spacial score (nSPS) is 12.6. The second-order valence-corrected chi connectivity index (χ2v) is 13.9. The third-order valence-electron chi connectivity index (χ3n) is 6.68. The second kappa shape index (κ2) is 20.6. The van der Waals surface area contributed by atoms with E-state index in [4.69, 9.17) is 4.43 Å². The van der Waals surface area contributed by atoms with Crippen molar-refractivity contribution in [2.75, 3.05) is 65.5 Å². The molecule has 0 rings (SSSR count). The Kier molecular flexibility index (Phi) is 20.7. The largest absolute Gasteiger partial charge is 0.417 e. The molecule has 0 aliphatic rings. The smallest absolute Gasteiger partial charge is 0.193 e. The monoisotopic (exact) mass is 457 g/mol. The number of rotatable bonds is 23. The Morgan fingerprint density at radius 3 is 1.13 bits per heavy atom. The van der Waals surface area contributed by atoms with Gasteiger partial charge < -0.3 is 19.1 Å². The third kappa shape index (κ3) is 14.7. The van der Waals surface area contributed by atoms with Crippen molar-refractivity contribution in [3.63, 3.8) is 0 Å². The first-order valence-corrected chi connectivity index (χ1v) is 16.4. The predicted molar refractivity (Wildman–Crippen MR) is 143 cm³/mol. The SMILES string of the molecule is CCCN(CCC)CCCN(CCCN(CCC)CCC)CC[Si](CC)(CC)OCC. The highest BCUT2D eigenvalue weighted by Crippen LogP contribution is 2.22. The molecule has 0 N–H and O–H groups in total. The summed E-state index contributed by atoms with van der Waals surface area (Å²) in [4.78, 5) is 8.11. The minimum atomic E-state index is -1.54. The molecule has 0 aromatic heterocycles. The molecule has 0 saturated carbocycles. The maximum atomic E-state index is 6.39. The zero-order chi connectivity index (χ0) is 23.4. The van der Waals surface area contributed by atoms with E-state index < -0.39 is 8.32 Å². The van der Waals surface area contributed by atoms with Crippen molar-refractivity contribution in [1.29, 1.82) is 0 Å². The van der Waals surface area contributed by atoms with E-state index in [0.29, 0.717) is 0 Å². The van der Waals surface area contributed by atoms with E-state index in [1.807, 2.05) is 0 Å². The van der Waals surface area contributed by atoms with Crippen LogP contribution in [-0.4, -0.2) is 88.5 Å². The van der Waals surface area contributed by atoms with Crippen molar-refractivity contribution in [2.45, 2.75) is 105 Å². The highest BCUT2D eigenvalue weighted by Gasteiger charge is 2.30. The van der Waals surface area contributed by atoms with Gasteiger partial charge in [0, 0.05) is 6.61 Å². The van der Waals surface area contributed by atoms with Crippen LogP contribution in [0.5, 0.6) is 0 Å². The molecule has 0 aromatic carbocycles. The minimum Gasteiger partial charge on any atom is -0.417 e. The maximum Gasteiger partial charge on any atom is 0.193 e. The van der Waals surface area contributed by atoms with Crippen molar-refractivity contribution >= 4 is 8.32 Å². The molecular weight excluding hydrogens is 398 g/mol. The number of hydrogen-bond donors (Lipinski definition) is 0. The molecule has 0 heterocycles. The lowest BCUT2D eigenvalue weighted by Gasteiger charge is -2.33. The minimum absolute atomic E-state index is 0.889. The van der Waals surface area contributed by atoms with E-state index in [-0.39, 0.29) is 0 Å². The molecule has 0 bridgehead atoms. The fourth-order valence-electron chi connectivity index (χ4n) is 4.85. The average Bonchev–Trinajstić information content (AvgIpc) is 2.76. The number of nitrogens with zero attached hydrogens (tertiary/aromatic N) is 3. The lowest BCUT2D eigenvalue weighted by molar-refractivity contribution is 0.209. The molecule has 31 heavy (non-hydrogen) atoms. The van der Waals surface area contributed by atoms with Crippen LogP contribution in [-0.2, 0) is 4.43 Å². The molecule has 0 fully saturated rings. The van der Waals surface area contributed by atoms with Crippen LogP contribution in [0.1, 0.15) is 87.0 Å². The molecule has 4 nitrogen and oxygen atoms in total. The molecule has 188 valence electrons. The molecule has 0 aliphatic heterocycles. The van der Waals surface area contributed by atoms with E-state index in [0.717, 1.165) is 6.61 Å². The molecule has 0 saturated heterocycles. The first-order chi connectivity index (χ1) is 15.0.